The Kier molecular flexibility index (Phi) is 7.77. The molecule has 1 aromatic carbocycles. The maximum atomic E-state index is 12.6. The van der Waals surface area contributed by atoms with Gasteiger partial charge < -0.3 is 14.4 Å². The maximum absolute atomic E-state index is 12.6. The summed E-state index contributed by atoms with van der Waals surface area (Å²) < 4.78 is 38.2. The van der Waals surface area contributed by atoms with Crippen molar-refractivity contribution in [1.82, 2.24) is 9.88 Å². The van der Waals surface area contributed by atoms with Crippen LogP contribution in [0.15, 0.2) is 47.5 Å². The predicted octanol–water partition coefficient (Wildman–Crippen LogP) is 2.39. The van der Waals surface area contributed by atoms with Gasteiger partial charge in [0, 0.05) is 18.8 Å². The highest BCUT2D eigenvalue weighted by Gasteiger charge is 2.16. The number of esters is 1. The first-order chi connectivity index (χ1) is 13.3. The first-order valence-electron chi connectivity index (χ1n) is 8.85. The third kappa shape index (κ3) is 6.50. The number of aromatic nitrogens is 1. The highest BCUT2D eigenvalue weighted by molar-refractivity contribution is 7.92. The van der Waals surface area contributed by atoms with Gasteiger partial charge in [-0.15, -0.1) is 0 Å². The number of nitrogens with zero attached hydrogens (tertiary/aromatic N) is 2. The zero-order valence-corrected chi connectivity index (χ0v) is 17.0. The molecule has 0 aliphatic heterocycles. The minimum Gasteiger partial charge on any atom is -0.476 e. The van der Waals surface area contributed by atoms with E-state index < -0.39 is 16.0 Å². The smallest absolute Gasteiger partial charge is 0.338 e. The van der Waals surface area contributed by atoms with Gasteiger partial charge in [-0.25, -0.2) is 18.2 Å². The normalized spacial score (nSPS) is 11.3. The van der Waals surface area contributed by atoms with Crippen LogP contribution in [0.1, 0.15) is 23.7 Å². The van der Waals surface area contributed by atoms with Gasteiger partial charge in [0.2, 0.25) is 5.88 Å². The van der Waals surface area contributed by atoms with E-state index in [1.807, 2.05) is 25.9 Å². The summed E-state index contributed by atoms with van der Waals surface area (Å²) in [5.74, 6) is -0.150. The number of anilines is 1. The Morgan fingerprint density at radius 2 is 1.86 bits per heavy atom. The van der Waals surface area contributed by atoms with Crippen molar-refractivity contribution < 1.29 is 22.7 Å². The van der Waals surface area contributed by atoms with Gasteiger partial charge in [0.1, 0.15) is 6.61 Å². The number of nitrogens with one attached hydrogen (secondary N) is 1. The molecule has 0 bridgehead atoms. The second kappa shape index (κ2) is 10.0. The van der Waals surface area contributed by atoms with Crippen LogP contribution in [0.5, 0.6) is 5.88 Å². The molecule has 1 heterocycles. The molecule has 152 valence electrons. The summed E-state index contributed by atoms with van der Waals surface area (Å²) in [5, 5.41) is 0. The second-order valence-corrected chi connectivity index (χ2v) is 7.98. The summed E-state index contributed by atoms with van der Waals surface area (Å²) in [6.07, 6.45) is 2.19. The molecule has 0 amide bonds. The number of sulfonamides is 1. The van der Waals surface area contributed by atoms with Gasteiger partial charge in [-0.3, -0.25) is 4.72 Å². The third-order valence-corrected chi connectivity index (χ3v) is 5.01. The molecule has 8 nitrogen and oxygen atoms in total. The number of benzene rings is 1. The lowest BCUT2D eigenvalue weighted by Crippen LogP contribution is -2.19. The standard InChI is InChI=1S/C19H25N3O5S/c1-4-12-27-19(23)15-5-7-17(8-6-15)28(24,25)21-16-9-10-20-18(14-16)26-13-11-22(2)3/h5-10,14H,4,11-13H2,1-3H3,(H,20,21). The SMILES string of the molecule is CCCOC(=O)c1ccc(S(=O)(=O)Nc2ccnc(OCCN(C)C)c2)cc1. The van der Waals surface area contributed by atoms with Crippen LogP contribution < -0.4 is 9.46 Å². The van der Waals surface area contributed by atoms with Gasteiger partial charge in [0.15, 0.2) is 0 Å². The van der Waals surface area contributed by atoms with Crippen molar-refractivity contribution in [3.05, 3.63) is 48.2 Å². The van der Waals surface area contributed by atoms with Crippen molar-refractivity contribution >= 4 is 21.7 Å². The molecule has 0 fully saturated rings. The number of hydrogen-bond donors (Lipinski definition) is 1. The molecule has 9 heteroatoms. The van der Waals surface area contributed by atoms with E-state index in [9.17, 15) is 13.2 Å². The summed E-state index contributed by atoms with van der Waals surface area (Å²) in [7, 11) is 0.0363. The van der Waals surface area contributed by atoms with E-state index in [4.69, 9.17) is 9.47 Å². The molecular formula is C19H25N3O5S. The summed E-state index contributed by atoms with van der Waals surface area (Å²) in [6, 6.07) is 8.63. The average molecular weight is 407 g/mol. The van der Waals surface area contributed by atoms with Crippen LogP contribution >= 0.6 is 0 Å². The van der Waals surface area contributed by atoms with Crippen LogP contribution in [0.4, 0.5) is 5.69 Å². The van der Waals surface area contributed by atoms with Crippen LogP contribution in [0, 0.1) is 0 Å². The van der Waals surface area contributed by atoms with Gasteiger partial charge in [-0.05, 0) is 50.8 Å². The van der Waals surface area contributed by atoms with Crippen LogP contribution in [0.3, 0.4) is 0 Å². The van der Waals surface area contributed by atoms with Crippen molar-refractivity contribution in [1.29, 1.82) is 0 Å². The number of carbonyl (C=O) groups excluding carboxylic acids is 1. The summed E-state index contributed by atoms with van der Waals surface area (Å²) in [6.45, 7) is 3.37. The van der Waals surface area contributed by atoms with Crippen molar-refractivity contribution in [2.75, 3.05) is 38.6 Å². The number of ether oxygens (including phenoxy) is 2. The minimum atomic E-state index is -3.82. The van der Waals surface area contributed by atoms with E-state index in [1.54, 1.807) is 0 Å². The average Bonchev–Trinajstić information content (AvgIpc) is 2.66. The number of likely N-dealkylation sites (N-methyl/N-ethyl adjacent to an activating group) is 1. The van der Waals surface area contributed by atoms with E-state index >= 15 is 0 Å². The largest absolute Gasteiger partial charge is 0.476 e. The Bertz CT molecular complexity index is 883. The zero-order valence-electron chi connectivity index (χ0n) is 16.2. The summed E-state index contributed by atoms with van der Waals surface area (Å²) in [5.41, 5.74) is 0.633. The van der Waals surface area contributed by atoms with Crippen molar-refractivity contribution in [2.24, 2.45) is 0 Å². The molecule has 0 radical (unpaired) electrons. The topological polar surface area (TPSA) is 97.8 Å². The van der Waals surface area contributed by atoms with Crippen LogP contribution in [-0.4, -0.2) is 58.1 Å². The van der Waals surface area contributed by atoms with E-state index in [0.717, 1.165) is 6.42 Å². The lowest BCUT2D eigenvalue weighted by Gasteiger charge is -2.12. The summed E-state index contributed by atoms with van der Waals surface area (Å²) in [4.78, 5) is 17.9. The number of pyridine rings is 1. The van der Waals surface area contributed by atoms with Crippen molar-refractivity contribution in [2.45, 2.75) is 18.2 Å². The predicted molar refractivity (Wildman–Crippen MR) is 106 cm³/mol. The van der Waals surface area contributed by atoms with Gasteiger partial charge >= 0.3 is 5.97 Å². The van der Waals surface area contributed by atoms with Crippen LogP contribution in [-0.2, 0) is 14.8 Å². The Morgan fingerprint density at radius 3 is 2.50 bits per heavy atom. The van der Waals surface area contributed by atoms with Gasteiger partial charge in [-0.2, -0.15) is 0 Å². The Hall–Kier alpha value is -2.65. The Morgan fingerprint density at radius 1 is 1.14 bits per heavy atom. The molecule has 2 aromatic rings. The van der Waals surface area contributed by atoms with Crippen molar-refractivity contribution in [3.63, 3.8) is 0 Å². The first kappa shape index (κ1) is 21.6. The molecule has 0 aliphatic rings. The molecule has 0 aliphatic carbocycles. The molecule has 0 saturated carbocycles. The highest BCUT2D eigenvalue weighted by atomic mass is 32.2. The number of rotatable bonds is 10. The van der Waals surface area contributed by atoms with E-state index in [1.165, 1.54) is 42.6 Å². The second-order valence-electron chi connectivity index (χ2n) is 6.30. The number of hydrogen-bond acceptors (Lipinski definition) is 7. The Balaban J connectivity index is 2.06. The lowest BCUT2D eigenvalue weighted by molar-refractivity contribution is 0.0505. The zero-order chi connectivity index (χ0) is 20.6. The Labute approximate surface area is 165 Å². The fourth-order valence-electron chi connectivity index (χ4n) is 2.15. The van der Waals surface area contributed by atoms with Crippen molar-refractivity contribution in [3.8, 4) is 5.88 Å². The molecule has 0 unspecified atom stereocenters. The van der Waals surface area contributed by atoms with Crippen LogP contribution in [0.25, 0.3) is 0 Å². The highest BCUT2D eigenvalue weighted by Crippen LogP contribution is 2.19. The van der Waals surface area contributed by atoms with Gasteiger partial charge in [0.05, 0.1) is 22.8 Å². The maximum Gasteiger partial charge on any atom is 0.338 e. The van der Waals surface area contributed by atoms with E-state index in [2.05, 4.69) is 9.71 Å². The fourth-order valence-corrected chi connectivity index (χ4v) is 3.20. The molecule has 0 spiro atoms. The third-order valence-electron chi connectivity index (χ3n) is 3.61. The van der Waals surface area contributed by atoms with Gasteiger partial charge in [0.25, 0.3) is 10.0 Å². The van der Waals surface area contributed by atoms with E-state index in [-0.39, 0.29) is 4.90 Å². The van der Waals surface area contributed by atoms with E-state index in [0.29, 0.717) is 36.9 Å². The van der Waals surface area contributed by atoms with Gasteiger partial charge in [-0.1, -0.05) is 6.92 Å². The molecule has 28 heavy (non-hydrogen) atoms. The number of carbonyl (C=O) groups is 1. The summed E-state index contributed by atoms with van der Waals surface area (Å²) >= 11 is 0. The molecular weight excluding hydrogens is 382 g/mol. The minimum absolute atomic E-state index is 0.0337. The first-order valence-corrected chi connectivity index (χ1v) is 10.3. The molecule has 0 saturated heterocycles. The molecule has 1 N–H and O–H groups in total. The fraction of sp³-hybridized carbons (Fsp3) is 0.368. The van der Waals surface area contributed by atoms with Crippen LogP contribution in [0.2, 0.25) is 0 Å². The molecule has 0 atom stereocenters. The quantitative estimate of drug-likeness (QED) is 0.604. The molecule has 1 aromatic heterocycles. The lowest BCUT2D eigenvalue weighted by atomic mass is 10.2. The monoisotopic (exact) mass is 407 g/mol. The molecule has 2 rings (SSSR count).